The van der Waals surface area contributed by atoms with E-state index >= 15 is 0 Å². The van der Waals surface area contributed by atoms with E-state index in [1.54, 1.807) is 0 Å². The molecule has 1 heterocycles. The van der Waals surface area contributed by atoms with Crippen LogP contribution >= 0.6 is 0 Å². The van der Waals surface area contributed by atoms with Crippen LogP contribution in [0.25, 0.3) is 67.5 Å². The molecule has 0 aliphatic heterocycles. The Labute approximate surface area is 322 Å². The topological polar surface area (TPSA) is 62.5 Å². The van der Waals surface area contributed by atoms with Crippen LogP contribution in [0.3, 0.4) is 0 Å². The van der Waals surface area contributed by atoms with Crippen molar-refractivity contribution in [3.63, 3.8) is 0 Å². The normalized spacial score (nSPS) is 22.7. The highest BCUT2D eigenvalue weighted by Crippen LogP contribution is 2.69. The van der Waals surface area contributed by atoms with Crippen molar-refractivity contribution in [3.8, 4) is 73.6 Å². The maximum absolute atomic E-state index is 9.90. The van der Waals surface area contributed by atoms with Crippen LogP contribution in [0.1, 0.15) is 54.4 Å². The van der Waals surface area contributed by atoms with Crippen LogP contribution in [-0.4, -0.2) is 15.0 Å². The highest BCUT2D eigenvalue weighted by Gasteiger charge is 2.61. The fourth-order valence-corrected chi connectivity index (χ4v) is 11.3. The molecule has 0 unspecified atom stereocenters. The lowest BCUT2D eigenvalue weighted by Gasteiger charge is -2.61. The molecule has 0 amide bonds. The predicted molar refractivity (Wildman–Crippen MR) is 220 cm³/mol. The molecule has 6 aromatic carbocycles. The van der Waals surface area contributed by atoms with E-state index in [0.29, 0.717) is 29.3 Å². The quantitative estimate of drug-likeness (QED) is 0.179. The van der Waals surface area contributed by atoms with Crippen molar-refractivity contribution in [1.82, 2.24) is 15.0 Å². The lowest BCUT2D eigenvalue weighted by molar-refractivity contribution is -0.0399. The summed E-state index contributed by atoms with van der Waals surface area (Å²) >= 11 is 0. The molecule has 4 bridgehead atoms. The van der Waals surface area contributed by atoms with Gasteiger partial charge in [0.2, 0.25) is 0 Å². The molecule has 264 valence electrons. The molecule has 0 radical (unpaired) electrons. The van der Waals surface area contributed by atoms with E-state index in [1.807, 2.05) is 18.2 Å². The zero-order chi connectivity index (χ0) is 36.7. The van der Waals surface area contributed by atoms with Crippen LogP contribution in [-0.2, 0) is 5.41 Å². The minimum atomic E-state index is 0.0281. The summed E-state index contributed by atoms with van der Waals surface area (Å²) in [6.07, 6.45) is 6.72. The van der Waals surface area contributed by atoms with Gasteiger partial charge in [-0.25, -0.2) is 15.0 Å². The van der Waals surface area contributed by atoms with Crippen LogP contribution in [0.2, 0.25) is 0 Å². The molecule has 5 aliphatic carbocycles. The molecule has 0 N–H and O–H groups in total. The summed E-state index contributed by atoms with van der Waals surface area (Å²) in [5, 5.41) is 9.90. The van der Waals surface area contributed by atoms with Crippen LogP contribution in [0, 0.1) is 41.9 Å². The number of hydrogen-bond donors (Lipinski definition) is 0. The van der Waals surface area contributed by atoms with Gasteiger partial charge in [-0.1, -0.05) is 115 Å². The molecule has 1 aromatic heterocycles. The van der Waals surface area contributed by atoms with E-state index in [0.717, 1.165) is 45.2 Å². The zero-order valence-electron chi connectivity index (χ0n) is 30.9. The van der Waals surface area contributed by atoms with Crippen LogP contribution in [0.4, 0.5) is 0 Å². The van der Waals surface area contributed by atoms with Gasteiger partial charge in [0, 0.05) is 22.1 Å². The molecule has 12 rings (SSSR count). The first kappa shape index (κ1) is 32.3. The summed E-state index contributed by atoms with van der Waals surface area (Å²) < 4.78 is 0. The predicted octanol–water partition coefficient (Wildman–Crippen LogP) is 12.1. The first-order valence-electron chi connectivity index (χ1n) is 19.8. The fraction of sp³-hybridized carbons (Fsp3) is 0.216. The highest BCUT2D eigenvalue weighted by molar-refractivity contribution is 5.86. The Morgan fingerprint density at radius 3 is 1.64 bits per heavy atom. The minimum Gasteiger partial charge on any atom is -0.208 e. The van der Waals surface area contributed by atoms with Crippen LogP contribution in [0.5, 0.6) is 0 Å². The summed E-state index contributed by atoms with van der Waals surface area (Å²) in [4.78, 5) is 15.3. The molecule has 5 aliphatic rings. The van der Waals surface area contributed by atoms with E-state index in [9.17, 15) is 5.26 Å². The molecule has 4 nitrogen and oxygen atoms in total. The van der Waals surface area contributed by atoms with Gasteiger partial charge in [-0.15, -0.1) is 0 Å². The monoisotopic (exact) mass is 708 g/mol. The fourth-order valence-electron chi connectivity index (χ4n) is 11.3. The van der Waals surface area contributed by atoms with Gasteiger partial charge < -0.3 is 0 Å². The van der Waals surface area contributed by atoms with Gasteiger partial charge in [0.15, 0.2) is 17.5 Å². The van der Waals surface area contributed by atoms with Gasteiger partial charge in [0.05, 0.1) is 11.6 Å². The van der Waals surface area contributed by atoms with Crippen molar-refractivity contribution in [1.29, 1.82) is 5.26 Å². The summed E-state index contributed by atoms with van der Waals surface area (Å²) in [7, 11) is 0. The molecule has 0 atom stereocenters. The Morgan fingerprint density at radius 1 is 0.473 bits per heavy atom. The lowest BCUT2D eigenvalue weighted by atomic mass is 9.43. The van der Waals surface area contributed by atoms with Gasteiger partial charge in [-0.2, -0.15) is 5.26 Å². The molecule has 55 heavy (non-hydrogen) atoms. The number of hydrogen-bond acceptors (Lipinski definition) is 4. The largest absolute Gasteiger partial charge is 0.208 e. The number of aromatic nitrogens is 3. The van der Waals surface area contributed by atoms with Crippen molar-refractivity contribution < 1.29 is 0 Å². The van der Waals surface area contributed by atoms with Gasteiger partial charge >= 0.3 is 0 Å². The molecule has 1 spiro atoms. The third-order valence-corrected chi connectivity index (χ3v) is 13.4. The Kier molecular flexibility index (Phi) is 7.29. The number of aryl methyl sites for hydroxylation is 1. The number of rotatable bonds is 5. The maximum atomic E-state index is 9.90. The third kappa shape index (κ3) is 5.14. The van der Waals surface area contributed by atoms with Crippen LogP contribution < -0.4 is 0 Å². The Bertz CT molecular complexity index is 2680. The van der Waals surface area contributed by atoms with E-state index in [-0.39, 0.29) is 5.41 Å². The first-order chi connectivity index (χ1) is 27.0. The van der Waals surface area contributed by atoms with Crippen LogP contribution in [0.15, 0.2) is 140 Å². The zero-order valence-corrected chi connectivity index (χ0v) is 30.9. The summed E-state index contributed by atoms with van der Waals surface area (Å²) in [5.41, 5.74) is 15.1. The smallest absolute Gasteiger partial charge is 0.164 e. The Morgan fingerprint density at radius 2 is 1.02 bits per heavy atom. The molecular weight excluding hydrogens is 669 g/mol. The van der Waals surface area contributed by atoms with Crippen molar-refractivity contribution in [2.45, 2.75) is 44.4 Å². The van der Waals surface area contributed by atoms with Crippen molar-refractivity contribution in [3.05, 3.63) is 162 Å². The van der Waals surface area contributed by atoms with Gasteiger partial charge in [-0.05, 0) is 138 Å². The van der Waals surface area contributed by atoms with E-state index in [1.165, 1.54) is 71.0 Å². The van der Waals surface area contributed by atoms with Gasteiger partial charge in [0.1, 0.15) is 0 Å². The first-order valence-corrected chi connectivity index (χ1v) is 19.8. The number of benzene rings is 6. The standard InChI is InChI=1S/C51H40N4/c1-31-8-5-11-36(20-31)37-12-6-14-40(27-37)49-53-48(35-9-3-2-4-10-35)54-50(55-49)41-15-7-13-38(28-41)39-17-18-44-45-26-32(30-52)16-19-46(45)51(47(44)29-39)42-22-33-21-34(24-42)25-43(51)23-33/h2-20,26-29,33-34,42-43H,21-25H2,1H3. The van der Waals surface area contributed by atoms with E-state index in [2.05, 4.69) is 134 Å². The Balaban J connectivity index is 1.03. The van der Waals surface area contributed by atoms with Gasteiger partial charge in [0.25, 0.3) is 0 Å². The van der Waals surface area contributed by atoms with E-state index < -0.39 is 0 Å². The number of nitriles is 1. The highest BCUT2D eigenvalue weighted by atomic mass is 15.0. The summed E-state index contributed by atoms with van der Waals surface area (Å²) in [5.74, 6) is 5.01. The second kappa shape index (κ2) is 12.4. The van der Waals surface area contributed by atoms with Gasteiger partial charge in [-0.3, -0.25) is 0 Å². The molecule has 0 saturated heterocycles. The second-order valence-electron chi connectivity index (χ2n) is 16.5. The van der Waals surface area contributed by atoms with Crippen molar-refractivity contribution >= 4 is 0 Å². The summed E-state index contributed by atoms with van der Waals surface area (Å²) in [6.45, 7) is 2.13. The molecule has 7 aromatic rings. The SMILES string of the molecule is Cc1cccc(-c2cccc(-c3nc(-c4ccccc4)nc(-c4cccc(-c5ccc6c(c5)C5(c7ccc(C#N)cc7-6)C6CC7CC(C6)CC5C7)c4)n3)c2)c1. The maximum Gasteiger partial charge on any atom is 0.164 e. The molecular formula is C51H40N4. The molecule has 4 fully saturated rings. The number of fused-ring (bicyclic) bond motifs is 3. The summed E-state index contributed by atoms with van der Waals surface area (Å²) in [6, 6.07) is 52.1. The minimum absolute atomic E-state index is 0.0281. The molecule has 4 saturated carbocycles. The Hall–Kier alpha value is -6.18. The average molecular weight is 709 g/mol. The van der Waals surface area contributed by atoms with E-state index in [4.69, 9.17) is 15.0 Å². The lowest BCUT2D eigenvalue weighted by Crippen LogP contribution is -2.55. The van der Waals surface area contributed by atoms with Crippen molar-refractivity contribution in [2.24, 2.45) is 23.7 Å². The van der Waals surface area contributed by atoms with Crippen molar-refractivity contribution in [2.75, 3.05) is 0 Å². The second-order valence-corrected chi connectivity index (χ2v) is 16.5. The molecule has 4 heteroatoms. The average Bonchev–Trinajstić information content (AvgIpc) is 3.52. The third-order valence-electron chi connectivity index (χ3n) is 13.4. The number of nitrogens with zero attached hydrogens (tertiary/aromatic N) is 4.